The van der Waals surface area contributed by atoms with Gasteiger partial charge in [0.05, 0.1) is 17.4 Å². The molecule has 2 aromatic carbocycles. The zero-order valence-corrected chi connectivity index (χ0v) is 11.7. The number of nitro groups is 1. The molecule has 106 valence electrons. The fraction of sp³-hybridized carbons (Fsp3) is 0.188. The molecule has 0 saturated heterocycles. The smallest absolute Gasteiger partial charge is 0.272 e. The Morgan fingerprint density at radius 2 is 1.95 bits per heavy atom. The molecule has 0 aliphatic heterocycles. The standard InChI is InChI=1S/C16H15N3O2/c1-12-14(3-2-4-16(12)19(20)21)11-18-15-7-5-13(6-8-15)9-10-17/h2-8,18H,9,11H2,1H3. The Balaban J connectivity index is 2.08. The summed E-state index contributed by atoms with van der Waals surface area (Å²) in [4.78, 5) is 10.5. The van der Waals surface area contributed by atoms with Gasteiger partial charge in [0.1, 0.15) is 0 Å². The maximum absolute atomic E-state index is 10.9. The van der Waals surface area contributed by atoms with E-state index in [0.29, 0.717) is 18.5 Å². The fourth-order valence-electron chi connectivity index (χ4n) is 2.09. The number of nitrogens with one attached hydrogen (secondary N) is 1. The van der Waals surface area contributed by atoms with Gasteiger partial charge in [0.15, 0.2) is 0 Å². The molecule has 0 unspecified atom stereocenters. The van der Waals surface area contributed by atoms with Gasteiger partial charge in [-0.2, -0.15) is 5.26 Å². The quantitative estimate of drug-likeness (QED) is 0.671. The Labute approximate surface area is 123 Å². The Morgan fingerprint density at radius 3 is 2.57 bits per heavy atom. The molecule has 0 bridgehead atoms. The Morgan fingerprint density at radius 1 is 1.24 bits per heavy atom. The average molecular weight is 281 g/mol. The maximum Gasteiger partial charge on any atom is 0.272 e. The van der Waals surface area contributed by atoms with Crippen LogP contribution >= 0.6 is 0 Å². The number of hydrogen-bond acceptors (Lipinski definition) is 4. The van der Waals surface area contributed by atoms with Crippen molar-refractivity contribution in [3.05, 3.63) is 69.3 Å². The van der Waals surface area contributed by atoms with Crippen LogP contribution in [0.15, 0.2) is 42.5 Å². The number of benzene rings is 2. The molecule has 2 rings (SSSR count). The third-order valence-corrected chi connectivity index (χ3v) is 3.33. The number of hydrogen-bond donors (Lipinski definition) is 1. The van der Waals surface area contributed by atoms with E-state index in [0.717, 1.165) is 16.8 Å². The SMILES string of the molecule is Cc1c(CNc2ccc(CC#N)cc2)cccc1[N+](=O)[O-]. The minimum atomic E-state index is -0.366. The van der Waals surface area contributed by atoms with Crippen LogP contribution in [0.4, 0.5) is 11.4 Å². The molecule has 0 amide bonds. The molecule has 0 heterocycles. The van der Waals surface area contributed by atoms with Crippen LogP contribution in [0.3, 0.4) is 0 Å². The molecule has 5 heteroatoms. The van der Waals surface area contributed by atoms with Crippen LogP contribution in [0, 0.1) is 28.4 Å². The third kappa shape index (κ3) is 3.57. The number of anilines is 1. The lowest BCUT2D eigenvalue weighted by Crippen LogP contribution is -2.03. The van der Waals surface area contributed by atoms with Crippen molar-refractivity contribution in [3.8, 4) is 6.07 Å². The molecule has 0 aliphatic rings. The molecule has 2 aromatic rings. The highest BCUT2D eigenvalue weighted by molar-refractivity contribution is 5.49. The monoisotopic (exact) mass is 281 g/mol. The van der Waals surface area contributed by atoms with Crippen molar-refractivity contribution < 1.29 is 4.92 Å². The minimum absolute atomic E-state index is 0.138. The number of nitrogens with zero attached hydrogens (tertiary/aromatic N) is 2. The van der Waals surface area contributed by atoms with E-state index in [1.807, 2.05) is 30.3 Å². The van der Waals surface area contributed by atoms with Crippen molar-refractivity contribution in [1.82, 2.24) is 0 Å². The Hall–Kier alpha value is -2.87. The largest absolute Gasteiger partial charge is 0.381 e. The van der Waals surface area contributed by atoms with Gasteiger partial charge in [-0.05, 0) is 30.2 Å². The first-order chi connectivity index (χ1) is 10.1. The van der Waals surface area contributed by atoms with Gasteiger partial charge < -0.3 is 5.32 Å². The van der Waals surface area contributed by atoms with Gasteiger partial charge in [-0.1, -0.05) is 24.3 Å². The highest BCUT2D eigenvalue weighted by Gasteiger charge is 2.12. The van der Waals surface area contributed by atoms with E-state index in [1.165, 1.54) is 6.07 Å². The lowest BCUT2D eigenvalue weighted by Gasteiger charge is -2.09. The second kappa shape index (κ2) is 6.53. The van der Waals surface area contributed by atoms with Crippen LogP contribution in [-0.2, 0) is 13.0 Å². The summed E-state index contributed by atoms with van der Waals surface area (Å²) in [6.45, 7) is 2.27. The first-order valence-electron chi connectivity index (χ1n) is 6.54. The molecule has 0 aliphatic carbocycles. The molecule has 5 nitrogen and oxygen atoms in total. The maximum atomic E-state index is 10.9. The summed E-state index contributed by atoms with van der Waals surface area (Å²) in [6, 6.07) is 14.8. The van der Waals surface area contributed by atoms with Crippen molar-refractivity contribution in [2.24, 2.45) is 0 Å². The van der Waals surface area contributed by atoms with Crippen LogP contribution in [-0.4, -0.2) is 4.92 Å². The van der Waals surface area contributed by atoms with Gasteiger partial charge in [-0.15, -0.1) is 0 Å². The van der Waals surface area contributed by atoms with E-state index in [1.54, 1.807) is 13.0 Å². The topological polar surface area (TPSA) is 79.0 Å². The van der Waals surface area contributed by atoms with E-state index < -0.39 is 0 Å². The summed E-state index contributed by atoms with van der Waals surface area (Å²) in [5.41, 5.74) is 3.59. The number of nitriles is 1. The lowest BCUT2D eigenvalue weighted by molar-refractivity contribution is -0.385. The third-order valence-electron chi connectivity index (χ3n) is 3.33. The van der Waals surface area contributed by atoms with Crippen LogP contribution in [0.5, 0.6) is 0 Å². The predicted octanol–water partition coefficient (Wildman–Crippen LogP) is 3.58. The molecule has 0 spiro atoms. The number of rotatable bonds is 5. The molecule has 0 atom stereocenters. The summed E-state index contributed by atoms with van der Waals surface area (Å²) in [7, 11) is 0. The summed E-state index contributed by atoms with van der Waals surface area (Å²) in [5, 5.41) is 22.8. The molecule has 1 N–H and O–H groups in total. The summed E-state index contributed by atoms with van der Waals surface area (Å²) in [5.74, 6) is 0. The van der Waals surface area contributed by atoms with Crippen LogP contribution in [0.1, 0.15) is 16.7 Å². The second-order valence-electron chi connectivity index (χ2n) is 4.70. The van der Waals surface area contributed by atoms with Crippen LogP contribution < -0.4 is 5.32 Å². The molecule has 0 fully saturated rings. The van der Waals surface area contributed by atoms with Gasteiger partial charge in [0.25, 0.3) is 5.69 Å². The van der Waals surface area contributed by atoms with Crippen molar-refractivity contribution in [2.45, 2.75) is 19.9 Å². The fourth-order valence-corrected chi connectivity index (χ4v) is 2.09. The van der Waals surface area contributed by atoms with E-state index in [2.05, 4.69) is 11.4 Å². The first kappa shape index (κ1) is 14.5. The predicted molar refractivity (Wildman–Crippen MR) is 80.9 cm³/mol. The zero-order chi connectivity index (χ0) is 15.2. The van der Waals surface area contributed by atoms with Crippen molar-refractivity contribution in [2.75, 3.05) is 5.32 Å². The highest BCUT2D eigenvalue weighted by atomic mass is 16.6. The molecule has 0 radical (unpaired) electrons. The van der Waals surface area contributed by atoms with E-state index in [4.69, 9.17) is 5.26 Å². The highest BCUT2D eigenvalue weighted by Crippen LogP contribution is 2.22. The van der Waals surface area contributed by atoms with Crippen molar-refractivity contribution in [3.63, 3.8) is 0 Å². The van der Waals surface area contributed by atoms with Crippen molar-refractivity contribution >= 4 is 11.4 Å². The summed E-state index contributed by atoms with van der Waals surface area (Å²) >= 11 is 0. The number of nitro benzene ring substituents is 1. The average Bonchev–Trinajstić information content (AvgIpc) is 2.48. The van der Waals surface area contributed by atoms with Gasteiger partial charge in [-0.25, -0.2) is 0 Å². The van der Waals surface area contributed by atoms with Crippen LogP contribution in [0.2, 0.25) is 0 Å². The van der Waals surface area contributed by atoms with Gasteiger partial charge in [0, 0.05) is 23.9 Å². The normalized spacial score (nSPS) is 9.90. The summed E-state index contributed by atoms with van der Waals surface area (Å²) < 4.78 is 0. The summed E-state index contributed by atoms with van der Waals surface area (Å²) in [6.07, 6.45) is 0.393. The van der Waals surface area contributed by atoms with Gasteiger partial charge in [0.2, 0.25) is 0 Å². The molecular weight excluding hydrogens is 266 g/mol. The van der Waals surface area contributed by atoms with Gasteiger partial charge >= 0.3 is 0 Å². The Kier molecular flexibility index (Phi) is 4.52. The minimum Gasteiger partial charge on any atom is -0.381 e. The van der Waals surface area contributed by atoms with E-state index >= 15 is 0 Å². The Bertz CT molecular complexity index is 688. The van der Waals surface area contributed by atoms with Crippen LogP contribution in [0.25, 0.3) is 0 Å². The van der Waals surface area contributed by atoms with Gasteiger partial charge in [-0.3, -0.25) is 10.1 Å². The molecule has 0 saturated carbocycles. The molecule has 0 aromatic heterocycles. The molecular formula is C16H15N3O2. The molecule has 21 heavy (non-hydrogen) atoms. The first-order valence-corrected chi connectivity index (χ1v) is 6.54. The zero-order valence-electron chi connectivity index (χ0n) is 11.7. The lowest BCUT2D eigenvalue weighted by atomic mass is 10.1. The van der Waals surface area contributed by atoms with Crippen molar-refractivity contribution in [1.29, 1.82) is 5.26 Å². The van der Waals surface area contributed by atoms with E-state index in [9.17, 15) is 10.1 Å². The van der Waals surface area contributed by atoms with E-state index in [-0.39, 0.29) is 10.6 Å². The second-order valence-corrected chi connectivity index (χ2v) is 4.70.